The fourth-order valence-electron chi connectivity index (χ4n) is 2.74. The lowest BCUT2D eigenvalue weighted by Crippen LogP contribution is -2.27. The van der Waals surface area contributed by atoms with Crippen LogP contribution in [0, 0.1) is 0 Å². The van der Waals surface area contributed by atoms with Crippen LogP contribution in [0.25, 0.3) is 5.57 Å². The molecule has 0 amide bonds. The number of hydrogen-bond donors (Lipinski definition) is 0. The summed E-state index contributed by atoms with van der Waals surface area (Å²) in [6.07, 6.45) is 5.07. The van der Waals surface area contributed by atoms with E-state index in [2.05, 4.69) is 16.9 Å². The van der Waals surface area contributed by atoms with Gasteiger partial charge in [-0.25, -0.2) is 4.99 Å². The van der Waals surface area contributed by atoms with Crippen LogP contribution in [0.2, 0.25) is 5.02 Å². The maximum absolute atomic E-state index is 6.88. The molecular formula is C17H15Cl3N2. The molecule has 0 saturated heterocycles. The third kappa shape index (κ3) is 2.76. The Labute approximate surface area is 145 Å². The largest absolute Gasteiger partial charge is 0.260 e. The van der Waals surface area contributed by atoms with Crippen molar-refractivity contribution in [2.45, 2.75) is 24.6 Å². The summed E-state index contributed by atoms with van der Waals surface area (Å²) in [5.74, 6) is 0.671. The minimum Gasteiger partial charge on any atom is -0.260 e. The van der Waals surface area contributed by atoms with Crippen LogP contribution in [-0.4, -0.2) is 23.5 Å². The van der Waals surface area contributed by atoms with Crippen molar-refractivity contribution in [3.63, 3.8) is 0 Å². The summed E-state index contributed by atoms with van der Waals surface area (Å²) in [5, 5.41) is 1.38. The SMILES string of the molecule is CCC1(Cl)CC(Cl)=C(C2=NCC=N2)C=C1c1ccccc1Cl. The molecule has 2 aliphatic rings. The standard InChI is InChI=1S/C17H15Cl3N2/c1-2-17(20)10-15(19)12(16-21-7-8-22-16)9-13(17)11-5-3-4-6-14(11)18/h3-7,9H,2,8,10H2,1H3. The molecule has 1 aliphatic heterocycles. The smallest absolute Gasteiger partial charge is 0.155 e. The molecule has 0 N–H and O–H groups in total. The number of aliphatic imine (C=N–C) groups is 2. The van der Waals surface area contributed by atoms with Gasteiger partial charge in [0.25, 0.3) is 0 Å². The Morgan fingerprint density at radius 2 is 2.00 bits per heavy atom. The highest BCUT2D eigenvalue weighted by molar-refractivity contribution is 6.39. The lowest BCUT2D eigenvalue weighted by atomic mass is 9.81. The highest BCUT2D eigenvalue weighted by Crippen LogP contribution is 2.48. The average molecular weight is 354 g/mol. The van der Waals surface area contributed by atoms with Crippen LogP contribution in [0.3, 0.4) is 0 Å². The Bertz CT molecular complexity index is 731. The molecule has 0 saturated carbocycles. The molecule has 1 aromatic carbocycles. The summed E-state index contributed by atoms with van der Waals surface area (Å²) in [6, 6.07) is 7.72. The summed E-state index contributed by atoms with van der Waals surface area (Å²) in [4.78, 5) is 8.10. The van der Waals surface area contributed by atoms with E-state index in [0.29, 0.717) is 28.9 Å². The fraction of sp³-hybridized carbons (Fsp3) is 0.294. The highest BCUT2D eigenvalue weighted by atomic mass is 35.5. The van der Waals surface area contributed by atoms with Crippen molar-refractivity contribution in [2.24, 2.45) is 9.98 Å². The molecule has 1 aromatic rings. The van der Waals surface area contributed by atoms with E-state index in [1.165, 1.54) is 0 Å². The van der Waals surface area contributed by atoms with Gasteiger partial charge in [-0.3, -0.25) is 4.99 Å². The monoisotopic (exact) mass is 352 g/mol. The van der Waals surface area contributed by atoms with Crippen LogP contribution in [0.1, 0.15) is 25.3 Å². The van der Waals surface area contributed by atoms with Crippen molar-refractivity contribution in [1.29, 1.82) is 0 Å². The predicted molar refractivity (Wildman–Crippen MR) is 96.6 cm³/mol. The molecule has 1 atom stereocenters. The number of allylic oxidation sites excluding steroid dienone is 2. The van der Waals surface area contributed by atoms with Gasteiger partial charge < -0.3 is 0 Å². The molecule has 1 aliphatic carbocycles. The van der Waals surface area contributed by atoms with Crippen LogP contribution >= 0.6 is 34.8 Å². The van der Waals surface area contributed by atoms with Crippen LogP contribution in [-0.2, 0) is 0 Å². The third-order valence-corrected chi connectivity index (χ3v) is 5.27. The molecule has 2 nitrogen and oxygen atoms in total. The lowest BCUT2D eigenvalue weighted by Gasteiger charge is -2.33. The summed E-state index contributed by atoms with van der Waals surface area (Å²) in [5.41, 5.74) is 2.76. The van der Waals surface area contributed by atoms with Gasteiger partial charge in [0.05, 0.1) is 11.4 Å². The summed E-state index contributed by atoms with van der Waals surface area (Å²) in [7, 11) is 0. The first-order valence-corrected chi connectivity index (χ1v) is 8.30. The molecule has 5 heteroatoms. The van der Waals surface area contributed by atoms with E-state index in [0.717, 1.165) is 23.1 Å². The van der Waals surface area contributed by atoms with Gasteiger partial charge in [-0.2, -0.15) is 0 Å². The average Bonchev–Trinajstić information content (AvgIpc) is 3.02. The molecule has 0 fully saturated rings. The molecule has 0 spiro atoms. The molecule has 0 radical (unpaired) electrons. The minimum atomic E-state index is -0.561. The van der Waals surface area contributed by atoms with Crippen molar-refractivity contribution in [3.8, 4) is 0 Å². The minimum absolute atomic E-state index is 0.549. The van der Waals surface area contributed by atoms with Gasteiger partial charge in [0.15, 0.2) is 5.84 Å². The van der Waals surface area contributed by atoms with E-state index in [9.17, 15) is 0 Å². The first-order valence-electron chi connectivity index (χ1n) is 7.17. The normalized spacial score (nSPS) is 24.5. The lowest BCUT2D eigenvalue weighted by molar-refractivity contribution is 0.685. The van der Waals surface area contributed by atoms with Gasteiger partial charge in [0.2, 0.25) is 0 Å². The van der Waals surface area contributed by atoms with Gasteiger partial charge in [-0.1, -0.05) is 48.3 Å². The Hall–Kier alpha value is -1.09. The highest BCUT2D eigenvalue weighted by Gasteiger charge is 2.37. The zero-order chi connectivity index (χ0) is 15.7. The maximum atomic E-state index is 6.88. The molecule has 3 rings (SSSR count). The maximum Gasteiger partial charge on any atom is 0.155 e. The Morgan fingerprint density at radius 1 is 1.23 bits per heavy atom. The zero-order valence-electron chi connectivity index (χ0n) is 12.1. The van der Waals surface area contributed by atoms with Gasteiger partial charge >= 0.3 is 0 Å². The Kier molecular flexibility index (Phi) is 4.44. The number of rotatable bonds is 3. The van der Waals surface area contributed by atoms with E-state index in [4.69, 9.17) is 34.8 Å². The second-order valence-electron chi connectivity index (χ2n) is 5.33. The van der Waals surface area contributed by atoms with Crippen molar-refractivity contribution < 1.29 is 0 Å². The second kappa shape index (κ2) is 6.19. The first-order chi connectivity index (χ1) is 10.5. The summed E-state index contributed by atoms with van der Waals surface area (Å²) in [6.45, 7) is 2.65. The van der Waals surface area contributed by atoms with Crippen molar-refractivity contribution in [3.05, 3.63) is 51.5 Å². The van der Waals surface area contributed by atoms with Crippen LogP contribution < -0.4 is 0 Å². The predicted octanol–water partition coefficient (Wildman–Crippen LogP) is 5.49. The number of alkyl halides is 1. The van der Waals surface area contributed by atoms with Gasteiger partial charge in [-0.15, -0.1) is 11.6 Å². The van der Waals surface area contributed by atoms with E-state index in [1.54, 1.807) is 6.21 Å². The Balaban J connectivity index is 2.16. The molecular weight excluding hydrogens is 339 g/mol. The number of hydrogen-bond acceptors (Lipinski definition) is 2. The van der Waals surface area contributed by atoms with Crippen molar-refractivity contribution in [1.82, 2.24) is 0 Å². The summed E-state index contributed by atoms with van der Waals surface area (Å²) >= 11 is 19.7. The number of amidine groups is 1. The molecule has 1 unspecified atom stereocenters. The van der Waals surface area contributed by atoms with Crippen LogP contribution in [0.15, 0.2) is 50.9 Å². The van der Waals surface area contributed by atoms with Crippen LogP contribution in [0.4, 0.5) is 0 Å². The first kappa shape index (κ1) is 15.8. The third-order valence-electron chi connectivity index (χ3n) is 4.00. The summed E-state index contributed by atoms with van der Waals surface area (Å²) < 4.78 is 0. The molecule has 0 aromatic heterocycles. The topological polar surface area (TPSA) is 24.7 Å². The number of benzene rings is 1. The molecule has 0 bridgehead atoms. The van der Waals surface area contributed by atoms with Crippen molar-refractivity contribution >= 4 is 52.4 Å². The van der Waals surface area contributed by atoms with Gasteiger partial charge in [0, 0.05) is 28.3 Å². The number of nitrogens with zero attached hydrogens (tertiary/aromatic N) is 2. The Morgan fingerprint density at radius 3 is 2.64 bits per heavy atom. The van der Waals surface area contributed by atoms with E-state index in [-0.39, 0.29) is 0 Å². The molecule has 114 valence electrons. The van der Waals surface area contributed by atoms with E-state index < -0.39 is 4.87 Å². The van der Waals surface area contributed by atoms with Crippen molar-refractivity contribution in [2.75, 3.05) is 6.54 Å². The van der Waals surface area contributed by atoms with E-state index >= 15 is 0 Å². The second-order valence-corrected chi connectivity index (χ2v) is 6.91. The van der Waals surface area contributed by atoms with Crippen LogP contribution in [0.5, 0.6) is 0 Å². The molecule has 22 heavy (non-hydrogen) atoms. The fourth-order valence-corrected chi connectivity index (χ4v) is 3.70. The zero-order valence-corrected chi connectivity index (χ0v) is 14.4. The number of halogens is 3. The van der Waals surface area contributed by atoms with Gasteiger partial charge in [-0.05, 0) is 29.7 Å². The molecule has 1 heterocycles. The van der Waals surface area contributed by atoms with E-state index in [1.807, 2.05) is 30.3 Å². The van der Waals surface area contributed by atoms with Gasteiger partial charge in [0.1, 0.15) is 0 Å². The quantitative estimate of drug-likeness (QED) is 0.642.